The first-order chi connectivity index (χ1) is 22.4. The van der Waals surface area contributed by atoms with Crippen molar-refractivity contribution in [3.8, 4) is 0 Å². The van der Waals surface area contributed by atoms with Crippen molar-refractivity contribution in [3.63, 3.8) is 0 Å². The summed E-state index contributed by atoms with van der Waals surface area (Å²) in [6, 6.07) is 14.1. The van der Waals surface area contributed by atoms with E-state index in [-0.39, 0.29) is 11.8 Å². The molecular formula is C36H48N6O4. The predicted molar refractivity (Wildman–Crippen MR) is 185 cm³/mol. The predicted octanol–water partition coefficient (Wildman–Crippen LogP) is 4.21. The average molecular weight is 629 g/mol. The number of nitrogens with one attached hydrogen (secondary N) is 2. The van der Waals surface area contributed by atoms with Crippen LogP contribution in [0.25, 0.3) is 17.0 Å². The molecule has 1 unspecified atom stereocenters. The molecule has 4 aromatic rings. The summed E-state index contributed by atoms with van der Waals surface area (Å²) in [7, 11) is 5.37. The number of likely N-dealkylation sites (N-methyl/N-ethyl adjacent to an activating group) is 1. The summed E-state index contributed by atoms with van der Waals surface area (Å²) < 4.78 is 12.8. The van der Waals surface area contributed by atoms with Gasteiger partial charge in [0.15, 0.2) is 0 Å². The Hall–Kier alpha value is -4.22. The number of aryl methyl sites for hydroxylation is 3. The van der Waals surface area contributed by atoms with Crippen LogP contribution < -0.4 is 16.4 Å². The standard InChI is InChI=1S/C25H31N3O4.C10H12N2.CH5N/c1-26-9-12-32-14-13-31-11-2-3-20-5-7-24(27-18-20)28-25(30)23-16-21-6-4-19(8-10-29)15-22(21)17-23;1-7-4-8(2)10-9(5-7)6-11-12(10)3;1-2/h2-7,10,15,18,23,26H,8-9,11-14,16-17H2,1H3,(H,27,28,30);4-6H,1-3H3;2H2,1H3/b3-2+;;. The maximum absolute atomic E-state index is 12.7. The molecule has 0 spiro atoms. The molecule has 4 N–H and O–H groups in total. The van der Waals surface area contributed by atoms with Gasteiger partial charge in [0, 0.05) is 37.5 Å². The topological polar surface area (TPSA) is 133 Å². The van der Waals surface area contributed by atoms with Crippen molar-refractivity contribution < 1.29 is 19.1 Å². The van der Waals surface area contributed by atoms with Crippen LogP contribution >= 0.6 is 0 Å². The number of carbonyl (C=O) groups is 2. The first kappa shape index (κ1) is 36.3. The highest BCUT2D eigenvalue weighted by Gasteiger charge is 2.27. The fourth-order valence-corrected chi connectivity index (χ4v) is 5.36. The van der Waals surface area contributed by atoms with E-state index < -0.39 is 0 Å². The molecule has 0 saturated heterocycles. The Kier molecular flexibility index (Phi) is 15.2. The molecule has 0 fully saturated rings. The number of aromatic nitrogens is 3. The number of benzene rings is 2. The highest BCUT2D eigenvalue weighted by atomic mass is 16.5. The number of rotatable bonds is 13. The molecule has 246 valence electrons. The first-order valence-electron chi connectivity index (χ1n) is 15.6. The van der Waals surface area contributed by atoms with E-state index >= 15 is 0 Å². The van der Waals surface area contributed by atoms with E-state index in [0.29, 0.717) is 51.5 Å². The number of carbonyl (C=O) groups excluding carboxylic acids is 2. The van der Waals surface area contributed by atoms with Gasteiger partial charge in [-0.2, -0.15) is 5.10 Å². The number of hydrogen-bond acceptors (Lipinski definition) is 8. The van der Waals surface area contributed by atoms with Gasteiger partial charge in [0.1, 0.15) is 12.1 Å². The van der Waals surface area contributed by atoms with Crippen molar-refractivity contribution >= 4 is 35.0 Å². The Morgan fingerprint density at radius 1 is 1.02 bits per heavy atom. The van der Waals surface area contributed by atoms with Gasteiger partial charge in [-0.05, 0) is 86.8 Å². The molecule has 0 aliphatic heterocycles. The molecule has 10 heteroatoms. The third kappa shape index (κ3) is 11.0. The lowest BCUT2D eigenvalue weighted by atomic mass is 10.0. The molecule has 0 bridgehead atoms. The Labute approximate surface area is 272 Å². The minimum absolute atomic E-state index is 0.0285. The van der Waals surface area contributed by atoms with E-state index in [9.17, 15) is 9.59 Å². The fraction of sp³-hybridized carbons (Fsp3) is 0.389. The second-order valence-corrected chi connectivity index (χ2v) is 11.0. The van der Waals surface area contributed by atoms with Gasteiger partial charge >= 0.3 is 0 Å². The molecule has 2 aromatic heterocycles. The number of aldehydes is 1. The van der Waals surface area contributed by atoms with Crippen LogP contribution in [0.1, 0.15) is 33.4 Å². The van der Waals surface area contributed by atoms with E-state index in [2.05, 4.69) is 52.4 Å². The van der Waals surface area contributed by atoms with E-state index in [1.165, 1.54) is 34.6 Å². The van der Waals surface area contributed by atoms with Gasteiger partial charge < -0.3 is 30.6 Å². The Bertz CT molecular complexity index is 1570. The van der Waals surface area contributed by atoms with Crippen LogP contribution in [0.3, 0.4) is 0 Å². The van der Waals surface area contributed by atoms with Crippen molar-refractivity contribution in [2.75, 3.05) is 52.4 Å². The number of pyridine rings is 1. The Morgan fingerprint density at radius 2 is 1.80 bits per heavy atom. The Balaban J connectivity index is 0.000000340. The molecule has 10 nitrogen and oxygen atoms in total. The summed E-state index contributed by atoms with van der Waals surface area (Å²) in [6.45, 7) is 7.39. The first-order valence-corrected chi connectivity index (χ1v) is 15.6. The van der Waals surface area contributed by atoms with Crippen LogP contribution in [-0.2, 0) is 45.4 Å². The molecular weight excluding hydrogens is 580 g/mol. The largest absolute Gasteiger partial charge is 0.378 e. The zero-order valence-electron chi connectivity index (χ0n) is 27.7. The number of nitrogens with zero attached hydrogens (tertiary/aromatic N) is 3. The van der Waals surface area contributed by atoms with Gasteiger partial charge in [-0.1, -0.05) is 42.0 Å². The number of ether oxygens (including phenoxy) is 2. The van der Waals surface area contributed by atoms with E-state index in [4.69, 9.17) is 9.47 Å². The molecule has 1 aliphatic rings. The van der Waals surface area contributed by atoms with Crippen LogP contribution in [0.2, 0.25) is 0 Å². The number of fused-ring (bicyclic) bond motifs is 2. The Morgan fingerprint density at radius 3 is 2.54 bits per heavy atom. The molecule has 2 heterocycles. The zero-order chi connectivity index (χ0) is 33.3. The summed E-state index contributed by atoms with van der Waals surface area (Å²) in [5, 5.41) is 11.4. The third-order valence-electron chi connectivity index (χ3n) is 7.49. The van der Waals surface area contributed by atoms with Gasteiger partial charge in [0.05, 0.1) is 38.1 Å². The number of amides is 1. The van der Waals surface area contributed by atoms with Crippen LogP contribution in [0.15, 0.2) is 60.9 Å². The summed E-state index contributed by atoms with van der Waals surface area (Å²) in [5.74, 6) is 0.399. The van der Waals surface area contributed by atoms with Crippen molar-refractivity contribution in [1.29, 1.82) is 0 Å². The van der Waals surface area contributed by atoms with E-state index in [1.807, 2.05) is 61.4 Å². The van der Waals surface area contributed by atoms with Crippen molar-refractivity contribution in [1.82, 2.24) is 20.1 Å². The lowest BCUT2D eigenvalue weighted by Crippen LogP contribution is -2.23. The molecule has 0 radical (unpaired) electrons. The second kappa shape index (κ2) is 19.3. The lowest BCUT2D eigenvalue weighted by molar-refractivity contribution is -0.119. The van der Waals surface area contributed by atoms with Crippen molar-refractivity contribution in [3.05, 3.63) is 94.3 Å². The molecule has 0 saturated carbocycles. The van der Waals surface area contributed by atoms with Crippen molar-refractivity contribution in [2.45, 2.75) is 33.1 Å². The van der Waals surface area contributed by atoms with Gasteiger partial charge in [0.25, 0.3) is 0 Å². The molecule has 1 atom stereocenters. The third-order valence-corrected chi connectivity index (χ3v) is 7.49. The minimum atomic E-state index is -0.114. The summed E-state index contributed by atoms with van der Waals surface area (Å²) >= 11 is 0. The monoisotopic (exact) mass is 628 g/mol. The molecule has 5 rings (SSSR count). The molecule has 2 aromatic carbocycles. The highest BCUT2D eigenvalue weighted by Crippen LogP contribution is 2.28. The van der Waals surface area contributed by atoms with Crippen LogP contribution in [0.4, 0.5) is 5.82 Å². The van der Waals surface area contributed by atoms with Gasteiger partial charge in [0.2, 0.25) is 5.91 Å². The normalized spacial score (nSPS) is 13.5. The molecule has 1 amide bonds. The van der Waals surface area contributed by atoms with Crippen LogP contribution in [0.5, 0.6) is 0 Å². The summed E-state index contributed by atoms with van der Waals surface area (Å²) in [6.07, 6.45) is 10.2. The second-order valence-electron chi connectivity index (χ2n) is 11.0. The summed E-state index contributed by atoms with van der Waals surface area (Å²) in [4.78, 5) is 27.8. The quantitative estimate of drug-likeness (QED) is 0.148. The van der Waals surface area contributed by atoms with Gasteiger partial charge in [-0.3, -0.25) is 9.48 Å². The van der Waals surface area contributed by atoms with Crippen LogP contribution in [-0.4, -0.2) is 74.0 Å². The smallest absolute Gasteiger partial charge is 0.229 e. The van der Waals surface area contributed by atoms with Gasteiger partial charge in [-0.25, -0.2) is 4.98 Å². The summed E-state index contributed by atoms with van der Waals surface area (Å²) in [5.41, 5.74) is 12.6. The van der Waals surface area contributed by atoms with E-state index in [0.717, 1.165) is 29.5 Å². The minimum Gasteiger partial charge on any atom is -0.378 e. The van der Waals surface area contributed by atoms with Crippen LogP contribution in [0, 0.1) is 19.8 Å². The molecule has 1 aliphatic carbocycles. The fourth-order valence-electron chi connectivity index (χ4n) is 5.36. The van der Waals surface area contributed by atoms with Gasteiger partial charge in [-0.15, -0.1) is 0 Å². The maximum Gasteiger partial charge on any atom is 0.229 e. The number of anilines is 1. The SMILES string of the molecule is CN.CNCCOCCOC/C=C/c1ccc(NC(=O)C2Cc3ccc(CC=O)cc3C2)nc1.Cc1cc(C)c2c(cnn2C)c1. The van der Waals surface area contributed by atoms with Crippen molar-refractivity contribution in [2.24, 2.45) is 18.7 Å². The number of nitrogens with two attached hydrogens (primary N) is 1. The number of hydrogen-bond donors (Lipinski definition) is 3. The zero-order valence-corrected chi connectivity index (χ0v) is 27.7. The van der Waals surface area contributed by atoms with E-state index in [1.54, 1.807) is 12.3 Å². The lowest BCUT2D eigenvalue weighted by Gasteiger charge is -2.10. The highest BCUT2D eigenvalue weighted by molar-refractivity contribution is 5.92. The maximum atomic E-state index is 12.7. The molecule has 46 heavy (non-hydrogen) atoms. The average Bonchev–Trinajstić information content (AvgIpc) is 3.65.